The van der Waals surface area contributed by atoms with Gasteiger partial charge in [0.1, 0.15) is 5.75 Å². The van der Waals surface area contributed by atoms with Crippen molar-refractivity contribution in [3.63, 3.8) is 0 Å². The Kier molecular flexibility index (Phi) is 7.09. The van der Waals surface area contributed by atoms with Crippen molar-refractivity contribution < 1.29 is 14.3 Å². The van der Waals surface area contributed by atoms with E-state index in [1.165, 1.54) is 12.7 Å². The molecule has 2 N–H and O–H groups in total. The summed E-state index contributed by atoms with van der Waals surface area (Å²) in [5.41, 5.74) is 3.89. The fourth-order valence-corrected chi connectivity index (χ4v) is 3.14. The van der Waals surface area contributed by atoms with Gasteiger partial charge in [-0.1, -0.05) is 41.4 Å². The number of ether oxygens (including phenoxy) is 1. The third-order valence-electron chi connectivity index (χ3n) is 4.57. The second-order valence-corrected chi connectivity index (χ2v) is 7.29. The van der Waals surface area contributed by atoms with Crippen molar-refractivity contribution in [2.45, 2.75) is 19.8 Å². The van der Waals surface area contributed by atoms with Crippen LogP contribution in [0.25, 0.3) is 0 Å². The number of nitrogens with one attached hydrogen (secondary N) is 2. The van der Waals surface area contributed by atoms with E-state index < -0.39 is 0 Å². The molecule has 154 valence electrons. The van der Waals surface area contributed by atoms with E-state index in [2.05, 4.69) is 10.6 Å². The number of carbonyl (C=O) groups excluding carboxylic acids is 2. The smallest absolute Gasteiger partial charge is 0.224 e. The number of halogens is 1. The molecule has 0 unspecified atom stereocenters. The molecule has 0 aliphatic carbocycles. The Hall–Kier alpha value is -3.31. The van der Waals surface area contributed by atoms with Crippen LogP contribution in [0.2, 0.25) is 5.02 Å². The largest absolute Gasteiger partial charge is 0.496 e. The third kappa shape index (κ3) is 5.61. The van der Waals surface area contributed by atoms with E-state index in [0.717, 1.165) is 11.4 Å². The second-order valence-electron chi connectivity index (χ2n) is 6.85. The Morgan fingerprint density at radius 1 is 0.933 bits per heavy atom. The van der Waals surface area contributed by atoms with Gasteiger partial charge in [-0.15, -0.1) is 0 Å². The van der Waals surface area contributed by atoms with Crippen molar-refractivity contribution in [2.24, 2.45) is 0 Å². The number of benzene rings is 3. The number of amides is 1. The van der Waals surface area contributed by atoms with Gasteiger partial charge in [0.25, 0.3) is 0 Å². The van der Waals surface area contributed by atoms with Gasteiger partial charge in [0.05, 0.1) is 24.0 Å². The highest BCUT2D eigenvalue weighted by molar-refractivity contribution is 6.31. The van der Waals surface area contributed by atoms with E-state index in [1.54, 1.807) is 18.2 Å². The normalized spacial score (nSPS) is 10.4. The van der Waals surface area contributed by atoms with E-state index in [-0.39, 0.29) is 24.5 Å². The molecule has 30 heavy (non-hydrogen) atoms. The van der Waals surface area contributed by atoms with Crippen molar-refractivity contribution in [3.8, 4) is 5.75 Å². The number of Topliss-reactive ketones (excluding diaryl/α,β-unsaturated/α-hetero) is 1. The average molecular weight is 423 g/mol. The summed E-state index contributed by atoms with van der Waals surface area (Å²) in [6.07, 6.45) is 0.101. The van der Waals surface area contributed by atoms with Crippen LogP contribution < -0.4 is 15.4 Å². The summed E-state index contributed by atoms with van der Waals surface area (Å²) in [4.78, 5) is 25.0. The maximum atomic E-state index is 12.5. The van der Waals surface area contributed by atoms with Crippen LogP contribution in [0.3, 0.4) is 0 Å². The summed E-state index contributed by atoms with van der Waals surface area (Å²) in [7, 11) is 1.49. The van der Waals surface area contributed by atoms with E-state index >= 15 is 0 Å². The first-order valence-electron chi connectivity index (χ1n) is 9.55. The summed E-state index contributed by atoms with van der Waals surface area (Å²) in [6, 6.07) is 20.3. The fraction of sp³-hybridized carbons (Fsp3) is 0.167. The van der Waals surface area contributed by atoms with Crippen molar-refractivity contribution in [1.82, 2.24) is 0 Å². The van der Waals surface area contributed by atoms with Gasteiger partial charge in [0.15, 0.2) is 5.78 Å². The van der Waals surface area contributed by atoms with Crippen LogP contribution in [0.5, 0.6) is 5.75 Å². The van der Waals surface area contributed by atoms with Gasteiger partial charge in [-0.25, -0.2) is 0 Å². The zero-order valence-electron chi connectivity index (χ0n) is 16.9. The van der Waals surface area contributed by atoms with Crippen molar-refractivity contribution >= 4 is 40.4 Å². The summed E-state index contributed by atoms with van der Waals surface area (Å²) < 4.78 is 5.22. The first-order chi connectivity index (χ1) is 14.5. The van der Waals surface area contributed by atoms with E-state index in [0.29, 0.717) is 22.0 Å². The lowest BCUT2D eigenvalue weighted by Crippen LogP contribution is -2.14. The zero-order valence-corrected chi connectivity index (χ0v) is 17.6. The van der Waals surface area contributed by atoms with E-state index in [4.69, 9.17) is 16.3 Å². The van der Waals surface area contributed by atoms with Crippen LogP contribution in [-0.2, 0) is 4.79 Å². The summed E-state index contributed by atoms with van der Waals surface area (Å²) in [5, 5.41) is 6.63. The number of anilines is 3. The van der Waals surface area contributed by atoms with Gasteiger partial charge in [0, 0.05) is 23.6 Å². The number of carbonyl (C=O) groups is 2. The lowest BCUT2D eigenvalue weighted by Gasteiger charge is -2.13. The summed E-state index contributed by atoms with van der Waals surface area (Å²) in [5.74, 6) is -0.00415. The topological polar surface area (TPSA) is 67.4 Å². The van der Waals surface area contributed by atoms with Gasteiger partial charge in [-0.3, -0.25) is 9.59 Å². The molecular formula is C24H23ClN2O3. The zero-order chi connectivity index (χ0) is 21.5. The first-order valence-corrected chi connectivity index (χ1v) is 9.93. The van der Waals surface area contributed by atoms with Gasteiger partial charge < -0.3 is 15.4 Å². The monoisotopic (exact) mass is 422 g/mol. The minimum Gasteiger partial charge on any atom is -0.496 e. The van der Waals surface area contributed by atoms with Crippen LogP contribution in [0.1, 0.15) is 28.8 Å². The van der Waals surface area contributed by atoms with Crippen molar-refractivity contribution in [2.75, 3.05) is 17.7 Å². The number of hydrogen-bond acceptors (Lipinski definition) is 4. The highest BCUT2D eigenvalue weighted by Crippen LogP contribution is 2.27. The summed E-state index contributed by atoms with van der Waals surface area (Å²) >= 11 is 5.99. The molecule has 0 aliphatic rings. The van der Waals surface area contributed by atoms with Crippen LogP contribution in [0.15, 0.2) is 66.7 Å². The number of hydrogen-bond donors (Lipinski definition) is 2. The van der Waals surface area contributed by atoms with Gasteiger partial charge in [-0.2, -0.15) is 0 Å². The Morgan fingerprint density at radius 3 is 2.33 bits per heavy atom. The first kappa shape index (κ1) is 21.4. The third-order valence-corrected chi connectivity index (χ3v) is 4.81. The van der Waals surface area contributed by atoms with Crippen LogP contribution >= 0.6 is 11.6 Å². The number of ketones is 1. The van der Waals surface area contributed by atoms with E-state index in [1.807, 2.05) is 55.5 Å². The molecule has 0 saturated heterocycles. The quantitative estimate of drug-likeness (QED) is 0.437. The van der Waals surface area contributed by atoms with Gasteiger partial charge in [-0.05, 0) is 49.4 Å². The molecule has 3 aromatic rings. The molecular weight excluding hydrogens is 400 g/mol. The molecule has 0 aliphatic heterocycles. The molecule has 0 aromatic heterocycles. The minimum atomic E-state index is -0.248. The lowest BCUT2D eigenvalue weighted by molar-refractivity contribution is -0.116. The molecule has 0 atom stereocenters. The standard InChI is InChI=1S/C24H23ClN2O3/c1-16-7-10-18(11-8-16)26-20-5-3-4-6-21(20)27-24(29)14-12-22(28)19-15-17(25)9-13-23(19)30-2/h3-11,13,15,26H,12,14H2,1-2H3,(H,27,29). The van der Waals surface area contributed by atoms with Crippen LogP contribution in [-0.4, -0.2) is 18.8 Å². The molecule has 0 saturated carbocycles. The summed E-state index contributed by atoms with van der Waals surface area (Å²) in [6.45, 7) is 2.03. The highest BCUT2D eigenvalue weighted by Gasteiger charge is 2.15. The van der Waals surface area contributed by atoms with Crippen molar-refractivity contribution in [1.29, 1.82) is 0 Å². The predicted molar refractivity (Wildman–Crippen MR) is 121 cm³/mol. The van der Waals surface area contributed by atoms with Crippen molar-refractivity contribution in [3.05, 3.63) is 82.9 Å². The molecule has 0 bridgehead atoms. The second kappa shape index (κ2) is 9.94. The predicted octanol–water partition coefficient (Wildman–Crippen LogP) is 6.00. The Morgan fingerprint density at radius 2 is 1.63 bits per heavy atom. The molecule has 0 fully saturated rings. The minimum absolute atomic E-state index is 0.0490. The molecule has 5 nitrogen and oxygen atoms in total. The van der Waals surface area contributed by atoms with Gasteiger partial charge >= 0.3 is 0 Å². The van der Waals surface area contributed by atoms with Gasteiger partial charge in [0.2, 0.25) is 5.91 Å². The number of para-hydroxylation sites is 2. The SMILES string of the molecule is COc1ccc(Cl)cc1C(=O)CCC(=O)Nc1ccccc1Nc1ccc(C)cc1. The Balaban J connectivity index is 1.63. The molecule has 3 aromatic carbocycles. The maximum absolute atomic E-state index is 12.5. The lowest BCUT2D eigenvalue weighted by atomic mass is 10.1. The molecule has 3 rings (SSSR count). The number of rotatable bonds is 8. The molecule has 6 heteroatoms. The Labute approximate surface area is 181 Å². The molecule has 0 radical (unpaired) electrons. The fourth-order valence-electron chi connectivity index (χ4n) is 2.97. The highest BCUT2D eigenvalue weighted by atomic mass is 35.5. The van der Waals surface area contributed by atoms with Crippen LogP contribution in [0.4, 0.5) is 17.1 Å². The van der Waals surface area contributed by atoms with E-state index in [9.17, 15) is 9.59 Å². The number of aryl methyl sites for hydroxylation is 1. The average Bonchev–Trinajstić information content (AvgIpc) is 2.75. The Bertz CT molecular complexity index is 1050. The molecule has 0 heterocycles. The number of methoxy groups -OCH3 is 1. The molecule has 0 spiro atoms. The molecule has 1 amide bonds. The maximum Gasteiger partial charge on any atom is 0.224 e. The van der Waals surface area contributed by atoms with Crippen LogP contribution in [0, 0.1) is 6.92 Å².